The zero-order chi connectivity index (χ0) is 15.8. The minimum absolute atomic E-state index is 0.516. The third kappa shape index (κ3) is 2.44. The largest absolute Gasteiger partial charge is 0.271 e. The van der Waals surface area contributed by atoms with Crippen LogP contribution in [0.15, 0.2) is 43.2 Å². The lowest BCUT2D eigenvalue weighted by Gasteiger charge is -2.04. The highest BCUT2D eigenvalue weighted by Gasteiger charge is 2.09. The van der Waals surface area contributed by atoms with Crippen molar-refractivity contribution in [2.24, 2.45) is 0 Å². The third-order valence-electron chi connectivity index (χ3n) is 3.68. The average Bonchev–Trinajstić information content (AvgIpc) is 2.96. The van der Waals surface area contributed by atoms with E-state index in [0.29, 0.717) is 12.2 Å². The van der Waals surface area contributed by atoms with Crippen LogP contribution in [0.1, 0.15) is 22.6 Å². The molecule has 0 bridgehead atoms. The maximum absolute atomic E-state index is 4.43. The first-order valence-electron chi connectivity index (χ1n) is 7.28. The van der Waals surface area contributed by atoms with Gasteiger partial charge >= 0.3 is 0 Å². The Kier molecular flexibility index (Phi) is 3.08. The molecule has 0 radical (unpaired) electrons. The van der Waals surface area contributed by atoms with E-state index in [4.69, 9.17) is 0 Å². The van der Waals surface area contributed by atoms with Gasteiger partial charge in [-0.05, 0) is 36.2 Å². The predicted octanol–water partition coefficient (Wildman–Crippen LogP) is 2.61. The lowest BCUT2D eigenvalue weighted by molar-refractivity contribution is 0.806. The molecule has 3 heterocycles. The maximum Gasteiger partial charge on any atom is 0.271 e. The van der Waals surface area contributed by atoms with Gasteiger partial charge in [-0.1, -0.05) is 18.7 Å². The summed E-state index contributed by atoms with van der Waals surface area (Å²) in [5, 5.41) is 13.8. The van der Waals surface area contributed by atoms with Gasteiger partial charge in [0, 0.05) is 18.0 Å². The van der Waals surface area contributed by atoms with E-state index < -0.39 is 0 Å². The predicted molar refractivity (Wildman–Crippen MR) is 88.0 cm³/mol. The van der Waals surface area contributed by atoms with Crippen molar-refractivity contribution in [3.63, 3.8) is 0 Å². The summed E-state index contributed by atoms with van der Waals surface area (Å²) in [6.07, 6.45) is 5.93. The molecular formula is C17H14N6. The number of benzene rings is 1. The highest BCUT2D eigenvalue weighted by Crippen LogP contribution is 2.18. The first kappa shape index (κ1) is 13.5. The van der Waals surface area contributed by atoms with Crippen LogP contribution in [0.2, 0.25) is 0 Å². The van der Waals surface area contributed by atoms with Crippen LogP contribution in [0.25, 0.3) is 22.8 Å². The van der Waals surface area contributed by atoms with Gasteiger partial charge in [-0.15, -0.1) is 10.2 Å². The molecule has 0 N–H and O–H groups in total. The Morgan fingerprint density at radius 1 is 1.13 bits per heavy atom. The van der Waals surface area contributed by atoms with Crippen LogP contribution in [0.4, 0.5) is 0 Å². The van der Waals surface area contributed by atoms with Crippen LogP contribution in [-0.4, -0.2) is 29.8 Å². The number of hydrogen-bond donors (Lipinski definition) is 0. The van der Waals surface area contributed by atoms with Gasteiger partial charge in [-0.2, -0.15) is 9.61 Å². The highest BCUT2D eigenvalue weighted by molar-refractivity contribution is 5.81. The molecule has 0 aliphatic rings. The summed E-state index contributed by atoms with van der Waals surface area (Å²) in [4.78, 5) is 8.65. The molecule has 23 heavy (non-hydrogen) atoms. The van der Waals surface area contributed by atoms with Crippen LogP contribution < -0.4 is 0 Å². The van der Waals surface area contributed by atoms with Crippen molar-refractivity contribution in [2.45, 2.75) is 13.3 Å². The zero-order valence-electron chi connectivity index (χ0n) is 12.6. The fourth-order valence-corrected chi connectivity index (χ4v) is 2.53. The van der Waals surface area contributed by atoms with Gasteiger partial charge in [0.2, 0.25) is 0 Å². The smallest absolute Gasteiger partial charge is 0.256 e. The minimum Gasteiger partial charge on any atom is -0.256 e. The highest BCUT2D eigenvalue weighted by atomic mass is 15.4. The van der Waals surface area contributed by atoms with E-state index in [0.717, 1.165) is 33.5 Å². The summed E-state index contributed by atoms with van der Waals surface area (Å²) >= 11 is 0. The SMILES string of the molecule is C=Cc1cnc2ccc(Cc3nnc4ncc(C)nn34)cc2c1. The molecule has 0 saturated carbocycles. The van der Waals surface area contributed by atoms with Crippen molar-refractivity contribution in [2.75, 3.05) is 0 Å². The Morgan fingerprint density at radius 2 is 2.04 bits per heavy atom. The standard InChI is InChI=1S/C17H14N6/c1-3-12-6-14-7-13(4-5-15(14)18-10-12)8-16-20-21-17-19-9-11(2)22-23(16)17/h3-7,9-10H,1,8H2,2H3. The number of rotatable bonds is 3. The van der Waals surface area contributed by atoms with Crippen molar-refractivity contribution in [3.05, 3.63) is 65.9 Å². The first-order chi connectivity index (χ1) is 11.2. The summed E-state index contributed by atoms with van der Waals surface area (Å²) in [7, 11) is 0. The second-order valence-electron chi connectivity index (χ2n) is 5.40. The van der Waals surface area contributed by atoms with Gasteiger partial charge in [0.05, 0.1) is 17.4 Å². The van der Waals surface area contributed by atoms with E-state index in [-0.39, 0.29) is 0 Å². The van der Waals surface area contributed by atoms with Crippen LogP contribution in [0.3, 0.4) is 0 Å². The number of hydrogen-bond acceptors (Lipinski definition) is 5. The second kappa shape index (κ2) is 5.24. The van der Waals surface area contributed by atoms with E-state index in [1.807, 2.05) is 25.3 Å². The van der Waals surface area contributed by atoms with Crippen molar-refractivity contribution >= 4 is 22.8 Å². The van der Waals surface area contributed by atoms with E-state index in [9.17, 15) is 0 Å². The lowest BCUT2D eigenvalue weighted by atomic mass is 10.1. The molecule has 0 fully saturated rings. The van der Waals surface area contributed by atoms with Crippen LogP contribution in [0.5, 0.6) is 0 Å². The number of nitrogens with zero attached hydrogens (tertiary/aromatic N) is 6. The molecular weight excluding hydrogens is 288 g/mol. The molecule has 4 rings (SSSR count). The Morgan fingerprint density at radius 3 is 2.91 bits per heavy atom. The summed E-state index contributed by atoms with van der Waals surface area (Å²) in [6, 6.07) is 8.25. The van der Waals surface area contributed by atoms with Crippen LogP contribution in [-0.2, 0) is 6.42 Å². The molecule has 0 aliphatic carbocycles. The summed E-state index contributed by atoms with van der Waals surface area (Å²) in [5.74, 6) is 1.28. The second-order valence-corrected chi connectivity index (χ2v) is 5.40. The quantitative estimate of drug-likeness (QED) is 0.582. The molecule has 0 amide bonds. The summed E-state index contributed by atoms with van der Waals surface area (Å²) in [6.45, 7) is 5.68. The Hall–Kier alpha value is -3.15. The van der Waals surface area contributed by atoms with Crippen molar-refractivity contribution in [1.82, 2.24) is 29.8 Å². The van der Waals surface area contributed by atoms with Crippen molar-refractivity contribution in [3.8, 4) is 0 Å². The fraction of sp³-hybridized carbons (Fsp3) is 0.118. The maximum atomic E-state index is 4.43. The summed E-state index contributed by atoms with van der Waals surface area (Å²) in [5.41, 5.74) is 3.92. The van der Waals surface area contributed by atoms with Crippen LogP contribution in [0, 0.1) is 6.92 Å². The molecule has 6 heteroatoms. The normalized spacial score (nSPS) is 11.2. The molecule has 0 spiro atoms. The molecule has 6 nitrogen and oxygen atoms in total. The number of pyridine rings is 1. The van der Waals surface area contributed by atoms with Gasteiger partial charge in [0.25, 0.3) is 5.78 Å². The van der Waals surface area contributed by atoms with Crippen molar-refractivity contribution in [1.29, 1.82) is 0 Å². The van der Waals surface area contributed by atoms with Gasteiger partial charge in [-0.3, -0.25) is 4.98 Å². The van der Waals surface area contributed by atoms with Gasteiger partial charge in [0.15, 0.2) is 5.82 Å². The lowest BCUT2D eigenvalue weighted by Crippen LogP contribution is -2.02. The molecule has 0 saturated heterocycles. The topological polar surface area (TPSA) is 68.9 Å². The fourth-order valence-electron chi connectivity index (χ4n) is 2.53. The van der Waals surface area contributed by atoms with E-state index in [1.165, 1.54) is 0 Å². The molecule has 112 valence electrons. The van der Waals surface area contributed by atoms with Gasteiger partial charge < -0.3 is 0 Å². The number of aryl methyl sites for hydroxylation is 1. The molecule has 3 aromatic heterocycles. The molecule has 0 aliphatic heterocycles. The molecule has 1 aromatic carbocycles. The number of aromatic nitrogens is 6. The zero-order valence-corrected chi connectivity index (χ0v) is 12.6. The monoisotopic (exact) mass is 302 g/mol. The average molecular weight is 302 g/mol. The number of fused-ring (bicyclic) bond motifs is 2. The molecule has 4 aromatic rings. The summed E-state index contributed by atoms with van der Waals surface area (Å²) < 4.78 is 1.69. The van der Waals surface area contributed by atoms with Gasteiger partial charge in [-0.25, -0.2) is 4.98 Å². The first-order valence-corrected chi connectivity index (χ1v) is 7.28. The Balaban J connectivity index is 1.76. The van der Waals surface area contributed by atoms with Gasteiger partial charge in [0.1, 0.15) is 0 Å². The Bertz CT molecular complexity index is 1030. The minimum atomic E-state index is 0.516. The van der Waals surface area contributed by atoms with Crippen molar-refractivity contribution < 1.29 is 0 Å². The van der Waals surface area contributed by atoms with E-state index in [1.54, 1.807) is 16.8 Å². The molecule has 0 unspecified atom stereocenters. The van der Waals surface area contributed by atoms with E-state index >= 15 is 0 Å². The molecule has 0 atom stereocenters. The van der Waals surface area contributed by atoms with Crippen LogP contribution >= 0.6 is 0 Å². The van der Waals surface area contributed by atoms with E-state index in [2.05, 4.69) is 44.0 Å². The third-order valence-corrected chi connectivity index (χ3v) is 3.68. The Labute approximate surface area is 132 Å².